The van der Waals surface area contributed by atoms with Gasteiger partial charge in [0.2, 0.25) is 0 Å². The van der Waals surface area contributed by atoms with E-state index in [1.54, 1.807) is 24.8 Å². The fourth-order valence-corrected chi connectivity index (χ4v) is 6.62. The predicted molar refractivity (Wildman–Crippen MR) is 258 cm³/mol. The molecule has 5 aromatic heterocycles. The van der Waals surface area contributed by atoms with Crippen LogP contribution in [0.25, 0.3) is 33.7 Å². The van der Waals surface area contributed by atoms with Crippen LogP contribution in [0.4, 0.5) is 22.7 Å². The van der Waals surface area contributed by atoms with Crippen molar-refractivity contribution >= 4 is 45.1 Å². The van der Waals surface area contributed by atoms with Crippen LogP contribution in [0.15, 0.2) is 247 Å². The van der Waals surface area contributed by atoms with E-state index in [0.29, 0.717) is 0 Å². The molecular weight excluding hydrogens is 973 g/mol. The number of nitrogens with one attached hydrogen (secondary N) is 1. The summed E-state index contributed by atoms with van der Waals surface area (Å²) in [6.45, 7) is 2.08. The number of benzene rings is 5. The zero-order valence-corrected chi connectivity index (χ0v) is 39.5. The van der Waals surface area contributed by atoms with Crippen molar-refractivity contribution in [3.63, 3.8) is 0 Å². The van der Waals surface area contributed by atoms with Gasteiger partial charge in [-0.2, -0.15) is 0 Å². The third-order valence-electron chi connectivity index (χ3n) is 9.65. The Morgan fingerprint density at radius 2 is 0.899 bits per heavy atom. The van der Waals surface area contributed by atoms with Crippen molar-refractivity contribution in [3.8, 4) is 22.8 Å². The Bertz CT molecular complexity index is 2980. The van der Waals surface area contributed by atoms with Crippen molar-refractivity contribution < 1.29 is 48.4 Å². The third kappa shape index (κ3) is 15.6. The Morgan fingerprint density at radius 1 is 0.478 bits per heavy atom. The van der Waals surface area contributed by atoms with E-state index in [4.69, 9.17) is 33.6 Å². The molecule has 69 heavy (non-hydrogen) atoms. The summed E-state index contributed by atoms with van der Waals surface area (Å²) in [5.74, 6) is 0. The zero-order valence-electron chi connectivity index (χ0n) is 37.0. The number of fused-ring (bicyclic) bond motifs is 2. The molecule has 12 nitrogen and oxygen atoms in total. The Morgan fingerprint density at radius 3 is 1.36 bits per heavy atom. The fourth-order valence-electron chi connectivity index (χ4n) is 6.62. The molecule has 6 heterocycles. The summed E-state index contributed by atoms with van der Waals surface area (Å²) in [5, 5.41) is 4.64. The summed E-state index contributed by atoms with van der Waals surface area (Å²) < 4.78 is 34.0. The first-order chi connectivity index (χ1) is 33.2. The predicted octanol–water partition coefficient (Wildman–Crippen LogP) is 8.32. The van der Waals surface area contributed by atoms with Crippen molar-refractivity contribution in [2.75, 3.05) is 5.32 Å². The van der Waals surface area contributed by atoms with E-state index in [2.05, 4.69) is 68.6 Å². The Labute approximate surface area is 415 Å². The van der Waals surface area contributed by atoms with Crippen LogP contribution in [-0.2, 0) is 19.5 Å². The number of rotatable bonds is 6. The maximum absolute atomic E-state index is 8.49. The number of pyridine rings is 4. The molecule has 1 N–H and O–H groups in total. The molecule has 0 aliphatic carbocycles. The molecular formula is C55H43ClN8O4Ru. The van der Waals surface area contributed by atoms with Gasteiger partial charge in [-0.3, -0.25) is 19.9 Å². The van der Waals surface area contributed by atoms with Gasteiger partial charge in [0.15, 0.2) is 0 Å². The van der Waals surface area contributed by atoms with Gasteiger partial charge in [-0.15, -0.1) is 15.8 Å². The number of anilines is 2. The molecule has 1 aliphatic rings. The fraction of sp³-hybridized carbons (Fsp3) is 0.0182. The van der Waals surface area contributed by atoms with E-state index in [0.717, 1.165) is 79.1 Å². The van der Waals surface area contributed by atoms with Gasteiger partial charge in [0.05, 0.1) is 45.6 Å². The minimum absolute atomic E-state index is 0. The van der Waals surface area contributed by atoms with E-state index in [1.165, 1.54) is 5.56 Å². The van der Waals surface area contributed by atoms with E-state index in [1.807, 2.05) is 176 Å². The first-order valence-corrected chi connectivity index (χ1v) is 22.4. The summed E-state index contributed by atoms with van der Waals surface area (Å²) in [5.41, 5.74) is 13.1. The number of hydrogen-bond donors (Lipinski definition) is 1. The zero-order chi connectivity index (χ0) is 47.4. The molecule has 1 aliphatic heterocycles. The van der Waals surface area contributed by atoms with Crippen LogP contribution in [0.1, 0.15) is 16.8 Å². The summed E-state index contributed by atoms with van der Waals surface area (Å²) in [4.78, 5) is 31.7. The average Bonchev–Trinajstić information content (AvgIpc) is 3.93. The topological polar surface area (TPSA) is 195 Å². The average molecular weight is 1020 g/mol. The smallest absolute Gasteiger partial charge is 0.654 e. The van der Waals surface area contributed by atoms with E-state index in [9.17, 15) is 0 Å². The second-order valence-electron chi connectivity index (χ2n) is 14.5. The Kier molecular flexibility index (Phi) is 19.0. The van der Waals surface area contributed by atoms with Crippen molar-refractivity contribution in [2.45, 2.75) is 6.92 Å². The maximum Gasteiger partial charge on any atom is 2.00 e. The Hall–Kier alpha value is -7.87. The van der Waals surface area contributed by atoms with Crippen molar-refractivity contribution in [1.29, 1.82) is 0 Å². The minimum Gasteiger partial charge on any atom is -0.654 e. The molecule has 0 saturated heterocycles. The molecule has 10 aromatic rings. The molecule has 5 aromatic carbocycles. The van der Waals surface area contributed by atoms with Crippen LogP contribution in [0, 0.1) is 17.2 Å². The van der Waals surface area contributed by atoms with Gasteiger partial charge in [-0.1, -0.05) is 145 Å². The standard InChI is InChI=1S/C28H19N4.2C10H8N2.C7H8.ClHO4.Ru/c1-3-11-19(12-4-1)29-25-21-15-7-9-17-23(21)31-27(25)28-26(30-20-13-5-2-6-14-20)22-16-8-10-18-24(22)32-28;2*1-3-7-11-9(5-1)10-6-2-4-8-12-10;1-7-5-3-2-4-6-7;2-1(3,4)5;/h1-18,29H;2*1-8H;2-6H,1H3;(H,2,3,4,5);/q-1;;;;;+2/p-1. The second kappa shape index (κ2) is 25.9. The molecule has 14 heteroatoms. The van der Waals surface area contributed by atoms with Crippen LogP contribution < -0.4 is 28.9 Å². The van der Waals surface area contributed by atoms with Gasteiger partial charge in [0.25, 0.3) is 0 Å². The molecule has 0 atom stereocenters. The number of hydrogen-bond acceptors (Lipinski definition) is 11. The summed E-state index contributed by atoms with van der Waals surface area (Å²) >= 11 is 0. The van der Waals surface area contributed by atoms with E-state index < -0.39 is 10.2 Å². The van der Waals surface area contributed by atoms with Gasteiger partial charge in [-0.05, 0) is 91.2 Å². The molecule has 0 fully saturated rings. The number of aromatic nitrogens is 5. The normalized spacial score (nSPS) is 11.6. The molecule has 342 valence electrons. The number of halogens is 1. The number of nitrogens with zero attached hydrogens (tertiary/aromatic N) is 7. The molecule has 0 spiro atoms. The minimum atomic E-state index is -4.94. The SMILES string of the molecule is Cc1ccccc1.[O-][Cl+3]([O-])([O-])[O-].[Ru+2].c1ccc(-c2ccccn2)nc1.c1ccc(-c2ccccn2)nc1.c1ccc(N=C2C(c3[n-]c4ccccc4c3Nc3ccccc3)=Nc3ccccc32)cc1. The molecule has 0 saturated carbocycles. The Balaban J connectivity index is 0.000000172. The molecule has 0 bridgehead atoms. The van der Waals surface area contributed by atoms with E-state index >= 15 is 0 Å². The first kappa shape index (κ1) is 50.5. The van der Waals surface area contributed by atoms with Crippen molar-refractivity contribution in [2.24, 2.45) is 9.98 Å². The van der Waals surface area contributed by atoms with Gasteiger partial charge < -0.3 is 10.3 Å². The van der Waals surface area contributed by atoms with Crippen molar-refractivity contribution in [3.05, 3.63) is 254 Å². The van der Waals surface area contributed by atoms with Crippen LogP contribution in [0.2, 0.25) is 0 Å². The van der Waals surface area contributed by atoms with Gasteiger partial charge in [-0.25, -0.2) is 28.6 Å². The van der Waals surface area contributed by atoms with Crippen molar-refractivity contribution in [1.82, 2.24) is 24.9 Å². The van der Waals surface area contributed by atoms with Gasteiger partial charge >= 0.3 is 19.5 Å². The van der Waals surface area contributed by atoms with Crippen LogP contribution in [0.3, 0.4) is 0 Å². The molecule has 11 rings (SSSR count). The molecule has 0 amide bonds. The summed E-state index contributed by atoms with van der Waals surface area (Å²) in [6, 6.07) is 69.9. The third-order valence-corrected chi connectivity index (χ3v) is 9.65. The van der Waals surface area contributed by atoms with Gasteiger partial charge in [0.1, 0.15) is 0 Å². The second-order valence-corrected chi connectivity index (χ2v) is 15.3. The summed E-state index contributed by atoms with van der Waals surface area (Å²) in [7, 11) is -4.94. The van der Waals surface area contributed by atoms with E-state index in [-0.39, 0.29) is 19.5 Å². The largest absolute Gasteiger partial charge is 2.00 e. The number of aliphatic imine (C=N–C) groups is 2. The monoisotopic (exact) mass is 1020 g/mol. The summed E-state index contributed by atoms with van der Waals surface area (Å²) in [6.07, 6.45) is 7.07. The first-order valence-electron chi connectivity index (χ1n) is 21.2. The quantitative estimate of drug-likeness (QED) is 0.158. The van der Waals surface area contributed by atoms with Crippen LogP contribution >= 0.6 is 0 Å². The van der Waals surface area contributed by atoms with Crippen LogP contribution in [0.5, 0.6) is 0 Å². The van der Waals surface area contributed by atoms with Gasteiger partial charge in [0, 0.05) is 41.7 Å². The number of aryl methyl sites for hydroxylation is 1. The number of para-hydroxylation sites is 4. The molecule has 0 radical (unpaired) electrons. The maximum atomic E-state index is 8.49. The van der Waals surface area contributed by atoms with Crippen LogP contribution in [-0.4, -0.2) is 31.4 Å². The molecule has 0 unspecified atom stereocenters.